The second-order valence-electron chi connectivity index (χ2n) is 7.59. The Labute approximate surface area is 183 Å². The van der Waals surface area contributed by atoms with Gasteiger partial charge in [0.25, 0.3) is 0 Å². The molecule has 0 bridgehead atoms. The maximum Gasteiger partial charge on any atom is 0.187 e. The fraction of sp³-hybridized carbons (Fsp3) is 0.308. The van der Waals surface area contributed by atoms with Crippen LogP contribution in [0, 0.1) is 0 Å². The molecule has 1 saturated heterocycles. The monoisotopic (exact) mass is 420 g/mol. The standard InChI is InChI=1S/C26H28O5/c27-24-25(29-17-21-12-6-2-7-13-21)23(19-28-16-20-10-4-1-5-11-20)31-26(24)30-18-22-14-8-3-9-15-22/h1-15,23-27H,16-19H2/t23-,24+,25+,26+/m1/s1. The van der Waals surface area contributed by atoms with Gasteiger partial charge in [-0.05, 0) is 16.7 Å². The van der Waals surface area contributed by atoms with Gasteiger partial charge in [0.15, 0.2) is 6.29 Å². The number of hydrogen-bond donors (Lipinski definition) is 1. The predicted octanol–water partition coefficient (Wildman–Crippen LogP) is 4.09. The molecule has 31 heavy (non-hydrogen) atoms. The highest BCUT2D eigenvalue weighted by atomic mass is 16.7. The fourth-order valence-corrected chi connectivity index (χ4v) is 3.57. The van der Waals surface area contributed by atoms with Crippen LogP contribution in [0.25, 0.3) is 0 Å². The van der Waals surface area contributed by atoms with Gasteiger partial charge in [-0.3, -0.25) is 0 Å². The van der Waals surface area contributed by atoms with Crippen molar-refractivity contribution in [1.82, 2.24) is 0 Å². The Morgan fingerprint density at radius 2 is 1.13 bits per heavy atom. The van der Waals surface area contributed by atoms with E-state index in [1.165, 1.54) is 0 Å². The molecule has 1 aliphatic heterocycles. The van der Waals surface area contributed by atoms with Gasteiger partial charge in [0.05, 0.1) is 26.4 Å². The zero-order valence-corrected chi connectivity index (χ0v) is 17.4. The van der Waals surface area contributed by atoms with Crippen LogP contribution in [0.2, 0.25) is 0 Å². The summed E-state index contributed by atoms with van der Waals surface area (Å²) in [5, 5.41) is 10.9. The number of ether oxygens (including phenoxy) is 4. The Kier molecular flexibility index (Phi) is 7.82. The van der Waals surface area contributed by atoms with Crippen molar-refractivity contribution in [2.24, 2.45) is 0 Å². The van der Waals surface area contributed by atoms with Crippen LogP contribution in [0.3, 0.4) is 0 Å². The number of benzene rings is 3. The summed E-state index contributed by atoms with van der Waals surface area (Å²) in [4.78, 5) is 0. The molecule has 4 rings (SSSR count). The van der Waals surface area contributed by atoms with Gasteiger partial charge in [0, 0.05) is 0 Å². The number of aliphatic hydroxyl groups is 1. The molecule has 0 amide bonds. The summed E-state index contributed by atoms with van der Waals surface area (Å²) in [5.41, 5.74) is 3.14. The molecule has 1 heterocycles. The molecule has 0 radical (unpaired) electrons. The number of aliphatic hydroxyl groups excluding tert-OH is 1. The lowest BCUT2D eigenvalue weighted by Gasteiger charge is -2.21. The largest absolute Gasteiger partial charge is 0.385 e. The van der Waals surface area contributed by atoms with Gasteiger partial charge in [0.1, 0.15) is 18.3 Å². The third kappa shape index (κ3) is 6.23. The molecule has 0 spiro atoms. The van der Waals surface area contributed by atoms with Crippen molar-refractivity contribution in [3.05, 3.63) is 108 Å². The van der Waals surface area contributed by atoms with Crippen molar-refractivity contribution in [3.63, 3.8) is 0 Å². The summed E-state index contributed by atoms with van der Waals surface area (Å²) in [6.07, 6.45) is -2.65. The van der Waals surface area contributed by atoms with E-state index in [4.69, 9.17) is 18.9 Å². The number of rotatable bonds is 10. The van der Waals surface area contributed by atoms with Crippen LogP contribution in [0.1, 0.15) is 16.7 Å². The predicted molar refractivity (Wildman–Crippen MR) is 117 cm³/mol. The molecular weight excluding hydrogens is 392 g/mol. The van der Waals surface area contributed by atoms with Crippen LogP contribution < -0.4 is 0 Å². The summed E-state index contributed by atoms with van der Waals surface area (Å²) in [6, 6.07) is 29.7. The minimum absolute atomic E-state index is 0.302. The van der Waals surface area contributed by atoms with Crippen molar-refractivity contribution < 1.29 is 24.1 Å². The minimum atomic E-state index is -0.905. The van der Waals surface area contributed by atoms with Crippen molar-refractivity contribution in [2.75, 3.05) is 6.61 Å². The van der Waals surface area contributed by atoms with E-state index in [0.717, 1.165) is 16.7 Å². The molecule has 3 aromatic rings. The zero-order valence-electron chi connectivity index (χ0n) is 17.4. The Bertz CT molecular complexity index is 887. The molecule has 1 fully saturated rings. The second-order valence-corrected chi connectivity index (χ2v) is 7.59. The summed E-state index contributed by atoms with van der Waals surface area (Å²) in [6.45, 7) is 1.51. The molecule has 0 saturated carbocycles. The molecule has 0 unspecified atom stereocenters. The van der Waals surface area contributed by atoms with Gasteiger partial charge in [0.2, 0.25) is 0 Å². The first-order valence-electron chi connectivity index (χ1n) is 10.6. The van der Waals surface area contributed by atoms with Crippen LogP contribution >= 0.6 is 0 Å². The molecule has 5 heteroatoms. The van der Waals surface area contributed by atoms with Gasteiger partial charge in [-0.2, -0.15) is 0 Å². The molecular formula is C26H28O5. The van der Waals surface area contributed by atoms with Crippen LogP contribution in [0.15, 0.2) is 91.0 Å². The van der Waals surface area contributed by atoms with E-state index in [0.29, 0.717) is 26.4 Å². The average Bonchev–Trinajstić information content (AvgIpc) is 3.12. The first-order chi connectivity index (χ1) is 15.3. The van der Waals surface area contributed by atoms with Crippen LogP contribution in [0.4, 0.5) is 0 Å². The zero-order chi connectivity index (χ0) is 21.3. The fourth-order valence-electron chi connectivity index (χ4n) is 3.57. The number of hydrogen-bond acceptors (Lipinski definition) is 5. The van der Waals surface area contributed by atoms with Crippen LogP contribution in [0.5, 0.6) is 0 Å². The Morgan fingerprint density at radius 1 is 0.645 bits per heavy atom. The van der Waals surface area contributed by atoms with Crippen LogP contribution in [-0.2, 0) is 38.8 Å². The Hall–Kier alpha value is -2.54. The van der Waals surface area contributed by atoms with E-state index in [1.807, 2.05) is 91.0 Å². The molecule has 1 aliphatic rings. The van der Waals surface area contributed by atoms with E-state index >= 15 is 0 Å². The molecule has 5 nitrogen and oxygen atoms in total. The highest BCUT2D eigenvalue weighted by Crippen LogP contribution is 2.27. The molecule has 0 aliphatic carbocycles. The third-order valence-electron chi connectivity index (χ3n) is 5.23. The highest BCUT2D eigenvalue weighted by molar-refractivity contribution is 5.15. The average molecular weight is 421 g/mol. The maximum atomic E-state index is 10.9. The van der Waals surface area contributed by atoms with Crippen LogP contribution in [-0.4, -0.2) is 36.3 Å². The van der Waals surface area contributed by atoms with E-state index < -0.39 is 24.6 Å². The lowest BCUT2D eigenvalue weighted by molar-refractivity contribution is -0.178. The minimum Gasteiger partial charge on any atom is -0.385 e. The Morgan fingerprint density at radius 3 is 1.68 bits per heavy atom. The summed E-state index contributed by atoms with van der Waals surface area (Å²) in [5.74, 6) is 0. The van der Waals surface area contributed by atoms with Gasteiger partial charge >= 0.3 is 0 Å². The molecule has 4 atom stereocenters. The van der Waals surface area contributed by atoms with Crippen molar-refractivity contribution in [1.29, 1.82) is 0 Å². The summed E-state index contributed by atoms with van der Waals surface area (Å²) < 4.78 is 23.8. The Balaban J connectivity index is 1.36. The highest BCUT2D eigenvalue weighted by Gasteiger charge is 2.45. The lowest BCUT2D eigenvalue weighted by atomic mass is 10.1. The van der Waals surface area contributed by atoms with Crippen molar-refractivity contribution >= 4 is 0 Å². The first kappa shape index (κ1) is 21.7. The smallest absolute Gasteiger partial charge is 0.187 e. The van der Waals surface area contributed by atoms with Crippen molar-refractivity contribution in [2.45, 2.75) is 44.4 Å². The topological polar surface area (TPSA) is 57.2 Å². The SMILES string of the molecule is O[C@@H]1[C@@H](OCc2ccccc2)O[C@H](COCc2ccccc2)[C@@H]1OCc1ccccc1. The van der Waals surface area contributed by atoms with E-state index in [9.17, 15) is 5.11 Å². The van der Waals surface area contributed by atoms with Gasteiger partial charge in [-0.15, -0.1) is 0 Å². The quantitative estimate of drug-likeness (QED) is 0.535. The van der Waals surface area contributed by atoms with Gasteiger partial charge in [-0.1, -0.05) is 91.0 Å². The third-order valence-corrected chi connectivity index (χ3v) is 5.23. The molecule has 3 aromatic carbocycles. The molecule has 0 aromatic heterocycles. The van der Waals surface area contributed by atoms with Crippen molar-refractivity contribution in [3.8, 4) is 0 Å². The molecule has 162 valence electrons. The summed E-state index contributed by atoms with van der Waals surface area (Å²) in [7, 11) is 0. The van der Waals surface area contributed by atoms with E-state index in [-0.39, 0.29) is 0 Å². The lowest BCUT2D eigenvalue weighted by Crippen LogP contribution is -2.37. The van der Waals surface area contributed by atoms with E-state index in [1.54, 1.807) is 0 Å². The van der Waals surface area contributed by atoms with Gasteiger partial charge in [-0.25, -0.2) is 0 Å². The first-order valence-corrected chi connectivity index (χ1v) is 10.6. The normalized spacial score (nSPS) is 23.1. The molecule has 1 N–H and O–H groups in total. The van der Waals surface area contributed by atoms with E-state index in [2.05, 4.69) is 0 Å². The summed E-state index contributed by atoms with van der Waals surface area (Å²) >= 11 is 0. The second kappa shape index (κ2) is 11.2. The van der Waals surface area contributed by atoms with Gasteiger partial charge < -0.3 is 24.1 Å². The maximum absolute atomic E-state index is 10.9.